The normalized spacial score (nSPS) is 11.5. The number of ether oxygens (including phenoxy) is 2. The Morgan fingerprint density at radius 1 is 1.00 bits per heavy atom. The van der Waals surface area contributed by atoms with Gasteiger partial charge in [0, 0.05) is 5.56 Å². The zero-order chi connectivity index (χ0) is 17.6. The number of halogens is 4. The Morgan fingerprint density at radius 3 is 2.21 bits per heavy atom. The molecular weight excluding hydrogens is 328 g/mol. The van der Waals surface area contributed by atoms with E-state index in [0.29, 0.717) is 0 Å². The molecule has 0 saturated heterocycles. The number of hydrogen-bond donors (Lipinski definition) is 0. The maximum atomic E-state index is 12.8. The Hall–Kier alpha value is -2.41. The molecule has 0 aliphatic rings. The maximum absolute atomic E-state index is 12.8. The topological polar surface area (TPSA) is 35.5 Å². The summed E-state index contributed by atoms with van der Waals surface area (Å²) in [5.41, 5.74) is 1.11. The van der Waals surface area contributed by atoms with E-state index >= 15 is 0 Å². The van der Waals surface area contributed by atoms with Gasteiger partial charge in [0.25, 0.3) is 0 Å². The third-order valence-corrected chi connectivity index (χ3v) is 3.03. The van der Waals surface area contributed by atoms with E-state index in [0.717, 1.165) is 17.7 Å². The highest BCUT2D eigenvalue weighted by Gasteiger charge is 2.43. The van der Waals surface area contributed by atoms with Crippen LogP contribution in [0.25, 0.3) is 0 Å². The molecule has 2 rings (SSSR count). The molecule has 0 spiro atoms. The summed E-state index contributed by atoms with van der Waals surface area (Å²) in [5, 5.41) is 0. The summed E-state index contributed by atoms with van der Waals surface area (Å²) in [5.74, 6) is -0.819. The predicted octanol–water partition coefficient (Wildman–Crippen LogP) is 4.32. The highest BCUT2D eigenvalue weighted by Crippen LogP contribution is 2.27. The zero-order valence-corrected chi connectivity index (χ0v) is 12.4. The number of carbonyl (C=O) groups is 1. The van der Waals surface area contributed by atoms with Gasteiger partial charge >= 0.3 is 12.5 Å². The van der Waals surface area contributed by atoms with Crippen LogP contribution in [-0.2, 0) is 11.3 Å². The van der Waals surface area contributed by atoms with Gasteiger partial charge in [0.2, 0.25) is 0 Å². The Kier molecular flexibility index (Phi) is 5.92. The molecule has 0 atom stereocenters. The Morgan fingerprint density at radius 2 is 1.62 bits per heavy atom. The fourth-order valence-electron chi connectivity index (χ4n) is 1.83. The average molecular weight is 342 g/mol. The van der Waals surface area contributed by atoms with Crippen LogP contribution >= 0.6 is 0 Å². The summed E-state index contributed by atoms with van der Waals surface area (Å²) < 4.78 is 58.8. The number of carbonyl (C=O) groups excluding carboxylic acids is 1. The molecule has 0 amide bonds. The molecule has 0 fully saturated rings. The lowest BCUT2D eigenvalue weighted by molar-refractivity contribution is -0.253. The van der Waals surface area contributed by atoms with Crippen molar-refractivity contribution in [3.05, 3.63) is 65.7 Å². The molecule has 0 heterocycles. The van der Waals surface area contributed by atoms with E-state index in [-0.39, 0.29) is 24.6 Å². The number of benzene rings is 2. The summed E-state index contributed by atoms with van der Waals surface area (Å²) in [6, 6.07) is 13.7. The first-order valence-electron chi connectivity index (χ1n) is 6.98. The van der Waals surface area contributed by atoms with Crippen LogP contribution in [0.3, 0.4) is 0 Å². The minimum Gasteiger partial charge on any atom is -0.428 e. The van der Waals surface area contributed by atoms with Crippen molar-refractivity contribution in [3.63, 3.8) is 0 Å². The van der Waals surface area contributed by atoms with Crippen molar-refractivity contribution < 1.29 is 31.8 Å². The summed E-state index contributed by atoms with van der Waals surface area (Å²) in [4.78, 5) is 11.9. The second-order valence-electron chi connectivity index (χ2n) is 4.89. The number of Topliss-reactive ketones (excluding diaryl/α,β-unsaturated/α-hetero) is 1. The SMILES string of the molecule is O=C(COCc1ccccc1)c1ccc(OC(F)(F)C(F)F)cc1. The van der Waals surface area contributed by atoms with Gasteiger partial charge in [-0.15, -0.1) is 0 Å². The van der Waals surface area contributed by atoms with Crippen molar-refractivity contribution in [2.24, 2.45) is 0 Å². The molecule has 128 valence electrons. The predicted molar refractivity (Wildman–Crippen MR) is 78.4 cm³/mol. The molecule has 24 heavy (non-hydrogen) atoms. The summed E-state index contributed by atoms with van der Waals surface area (Å²) in [7, 11) is 0. The molecule has 0 aromatic heterocycles. The summed E-state index contributed by atoms with van der Waals surface area (Å²) in [6.07, 6.45) is -8.52. The molecule has 2 aromatic carbocycles. The highest BCUT2D eigenvalue weighted by molar-refractivity contribution is 5.97. The van der Waals surface area contributed by atoms with Crippen molar-refractivity contribution in [2.45, 2.75) is 19.1 Å². The quantitative estimate of drug-likeness (QED) is 0.529. The molecule has 0 N–H and O–H groups in total. The second kappa shape index (κ2) is 7.92. The maximum Gasteiger partial charge on any atom is 0.461 e. The van der Waals surface area contributed by atoms with Gasteiger partial charge in [0.05, 0.1) is 6.61 Å². The van der Waals surface area contributed by atoms with Gasteiger partial charge in [-0.25, -0.2) is 0 Å². The van der Waals surface area contributed by atoms with Crippen LogP contribution in [0.2, 0.25) is 0 Å². The second-order valence-corrected chi connectivity index (χ2v) is 4.89. The van der Waals surface area contributed by atoms with E-state index in [4.69, 9.17) is 4.74 Å². The van der Waals surface area contributed by atoms with E-state index in [1.807, 2.05) is 30.3 Å². The van der Waals surface area contributed by atoms with Crippen molar-refractivity contribution >= 4 is 5.78 Å². The molecule has 7 heteroatoms. The largest absolute Gasteiger partial charge is 0.461 e. The van der Waals surface area contributed by atoms with Crippen LogP contribution in [0.15, 0.2) is 54.6 Å². The van der Waals surface area contributed by atoms with Crippen LogP contribution in [0.1, 0.15) is 15.9 Å². The van der Waals surface area contributed by atoms with E-state index < -0.39 is 18.3 Å². The average Bonchev–Trinajstić information content (AvgIpc) is 2.56. The molecule has 0 bridgehead atoms. The zero-order valence-electron chi connectivity index (χ0n) is 12.4. The molecule has 2 aromatic rings. The van der Waals surface area contributed by atoms with Crippen molar-refractivity contribution in [1.29, 1.82) is 0 Å². The highest BCUT2D eigenvalue weighted by atomic mass is 19.3. The van der Waals surface area contributed by atoms with E-state index in [1.54, 1.807) is 0 Å². The van der Waals surface area contributed by atoms with Gasteiger partial charge in [-0.2, -0.15) is 17.6 Å². The van der Waals surface area contributed by atoms with Crippen LogP contribution in [0.5, 0.6) is 5.75 Å². The number of hydrogen-bond acceptors (Lipinski definition) is 3. The fraction of sp³-hybridized carbons (Fsp3) is 0.235. The summed E-state index contributed by atoms with van der Waals surface area (Å²) in [6.45, 7) is 0.0661. The molecule has 0 aliphatic carbocycles. The third kappa shape index (κ3) is 5.06. The lowest BCUT2D eigenvalue weighted by Crippen LogP contribution is -2.33. The first-order valence-corrected chi connectivity index (χ1v) is 6.98. The van der Waals surface area contributed by atoms with Gasteiger partial charge in [0.15, 0.2) is 5.78 Å². The Labute approximate surface area is 135 Å². The minimum absolute atomic E-state index is 0.192. The fourth-order valence-corrected chi connectivity index (χ4v) is 1.83. The van der Waals surface area contributed by atoms with Gasteiger partial charge in [-0.3, -0.25) is 4.79 Å². The molecule has 0 radical (unpaired) electrons. The van der Waals surface area contributed by atoms with Crippen molar-refractivity contribution in [3.8, 4) is 5.75 Å². The van der Waals surface area contributed by atoms with Crippen molar-refractivity contribution in [2.75, 3.05) is 6.61 Å². The van der Waals surface area contributed by atoms with Gasteiger partial charge < -0.3 is 9.47 Å². The van der Waals surface area contributed by atoms with Crippen molar-refractivity contribution in [1.82, 2.24) is 0 Å². The van der Waals surface area contributed by atoms with Crippen LogP contribution in [0.4, 0.5) is 17.6 Å². The van der Waals surface area contributed by atoms with Crippen LogP contribution in [0, 0.1) is 0 Å². The molecule has 0 aliphatic heterocycles. The van der Waals surface area contributed by atoms with Crippen LogP contribution in [-0.4, -0.2) is 24.9 Å². The molecular formula is C17H14F4O3. The lowest BCUT2D eigenvalue weighted by Gasteiger charge is -2.16. The molecule has 0 unspecified atom stereocenters. The number of alkyl halides is 4. The Bertz CT molecular complexity index is 657. The molecule has 3 nitrogen and oxygen atoms in total. The first kappa shape index (κ1) is 17.9. The Balaban J connectivity index is 1.87. The van der Waals surface area contributed by atoms with E-state index in [9.17, 15) is 22.4 Å². The third-order valence-electron chi connectivity index (χ3n) is 3.03. The first-order chi connectivity index (χ1) is 11.4. The smallest absolute Gasteiger partial charge is 0.428 e. The van der Waals surface area contributed by atoms with E-state index in [2.05, 4.69) is 4.74 Å². The lowest BCUT2D eigenvalue weighted by atomic mass is 10.1. The van der Waals surface area contributed by atoms with Gasteiger partial charge in [-0.05, 0) is 29.8 Å². The standard InChI is InChI=1S/C17H14F4O3/c18-16(19)17(20,21)24-14-8-6-13(7-9-14)15(22)11-23-10-12-4-2-1-3-5-12/h1-9,16H,10-11H2. The van der Waals surface area contributed by atoms with Crippen LogP contribution < -0.4 is 4.74 Å². The molecule has 0 saturated carbocycles. The minimum atomic E-state index is -4.58. The summed E-state index contributed by atoms with van der Waals surface area (Å²) >= 11 is 0. The van der Waals surface area contributed by atoms with E-state index in [1.165, 1.54) is 12.1 Å². The van der Waals surface area contributed by atoms with Gasteiger partial charge in [0.1, 0.15) is 12.4 Å². The number of ketones is 1. The number of rotatable bonds is 8. The van der Waals surface area contributed by atoms with Gasteiger partial charge in [-0.1, -0.05) is 30.3 Å². The monoisotopic (exact) mass is 342 g/mol.